The lowest BCUT2D eigenvalue weighted by molar-refractivity contribution is -0.226. The second kappa shape index (κ2) is 7.67. The van der Waals surface area contributed by atoms with Crippen molar-refractivity contribution in [3.8, 4) is 11.1 Å². The SMILES string of the molecule is CC(=O)OC(OC(C)=O)[C@@]12C=C[C@@H](O1)[C@H]1C(=O)N(c3ccccc3-c3ccccc3)C(=O)[C@@H]12. The van der Waals surface area contributed by atoms with Crippen molar-refractivity contribution in [1.29, 1.82) is 0 Å². The molecule has 2 saturated heterocycles. The number of esters is 2. The molecule has 2 aromatic carbocycles. The van der Waals surface area contributed by atoms with Gasteiger partial charge in [0.2, 0.25) is 11.8 Å². The molecule has 0 spiro atoms. The Balaban J connectivity index is 1.58. The molecule has 3 aliphatic rings. The Morgan fingerprint density at radius 3 is 2.24 bits per heavy atom. The number of hydrogen-bond acceptors (Lipinski definition) is 7. The largest absolute Gasteiger partial charge is 0.422 e. The Kier molecular flexibility index (Phi) is 4.90. The molecule has 2 bridgehead atoms. The van der Waals surface area contributed by atoms with Crippen molar-refractivity contribution in [2.45, 2.75) is 31.8 Å². The lowest BCUT2D eigenvalue weighted by Gasteiger charge is -2.34. The number of imide groups is 1. The van der Waals surface area contributed by atoms with Gasteiger partial charge in [-0.25, -0.2) is 4.90 Å². The average Bonchev–Trinajstić information content (AvgIpc) is 3.44. The zero-order valence-electron chi connectivity index (χ0n) is 18.0. The van der Waals surface area contributed by atoms with E-state index in [9.17, 15) is 19.2 Å². The summed E-state index contributed by atoms with van der Waals surface area (Å²) in [4.78, 5) is 52.0. The number of ether oxygens (including phenoxy) is 3. The van der Waals surface area contributed by atoms with Gasteiger partial charge in [0.1, 0.15) is 0 Å². The monoisotopic (exact) mass is 447 g/mol. The molecule has 0 radical (unpaired) electrons. The Hall–Kier alpha value is -3.78. The molecule has 168 valence electrons. The molecule has 0 unspecified atom stereocenters. The van der Waals surface area contributed by atoms with Crippen LogP contribution in [-0.4, -0.2) is 41.7 Å². The number of amides is 2. The maximum atomic E-state index is 13.8. The van der Waals surface area contributed by atoms with Crippen LogP contribution in [0.3, 0.4) is 0 Å². The lowest BCUT2D eigenvalue weighted by Crippen LogP contribution is -2.52. The van der Waals surface area contributed by atoms with Gasteiger partial charge in [0.05, 0.1) is 23.6 Å². The molecule has 0 aromatic heterocycles. The van der Waals surface area contributed by atoms with Crippen LogP contribution in [0.25, 0.3) is 11.1 Å². The van der Waals surface area contributed by atoms with Gasteiger partial charge in [-0.1, -0.05) is 54.6 Å². The van der Waals surface area contributed by atoms with Gasteiger partial charge in [-0.15, -0.1) is 0 Å². The Morgan fingerprint density at radius 2 is 1.58 bits per heavy atom. The normalized spacial score (nSPS) is 27.2. The van der Waals surface area contributed by atoms with Gasteiger partial charge in [0.25, 0.3) is 6.29 Å². The molecule has 3 aliphatic heterocycles. The third-order valence-corrected chi connectivity index (χ3v) is 6.22. The first-order valence-corrected chi connectivity index (χ1v) is 10.6. The molecule has 33 heavy (non-hydrogen) atoms. The van der Waals surface area contributed by atoms with Crippen LogP contribution in [0.4, 0.5) is 5.69 Å². The maximum Gasteiger partial charge on any atom is 0.305 e. The summed E-state index contributed by atoms with van der Waals surface area (Å²) < 4.78 is 16.5. The number of para-hydroxylation sites is 1. The second-order valence-corrected chi connectivity index (χ2v) is 8.24. The molecule has 0 aliphatic carbocycles. The standard InChI is InChI=1S/C25H21NO7/c1-14(27)31-24(32-15(2)28)25-13-12-19(33-25)20-21(25)23(30)26(22(20)29)18-11-7-6-10-17(18)16-8-4-3-5-9-16/h3-13,19-21,24H,1-2H3/t19-,20-,21-,25+/m1/s1. The molecule has 2 amide bonds. The smallest absolute Gasteiger partial charge is 0.305 e. The van der Waals surface area contributed by atoms with Crippen LogP contribution in [0.5, 0.6) is 0 Å². The van der Waals surface area contributed by atoms with E-state index in [1.807, 2.05) is 42.5 Å². The third kappa shape index (κ3) is 3.17. The highest BCUT2D eigenvalue weighted by molar-refractivity contribution is 6.24. The first kappa shape index (κ1) is 21.1. The number of fused-ring (bicyclic) bond motifs is 5. The van der Waals surface area contributed by atoms with E-state index in [0.717, 1.165) is 11.1 Å². The van der Waals surface area contributed by atoms with Crippen molar-refractivity contribution < 1.29 is 33.4 Å². The van der Waals surface area contributed by atoms with Crippen molar-refractivity contribution in [2.75, 3.05) is 4.90 Å². The zero-order chi connectivity index (χ0) is 23.3. The van der Waals surface area contributed by atoms with Gasteiger partial charge in [-0.3, -0.25) is 19.2 Å². The van der Waals surface area contributed by atoms with E-state index in [1.54, 1.807) is 24.3 Å². The van der Waals surface area contributed by atoms with Crippen LogP contribution in [0.15, 0.2) is 66.7 Å². The van der Waals surface area contributed by atoms with Gasteiger partial charge in [-0.2, -0.15) is 0 Å². The summed E-state index contributed by atoms with van der Waals surface area (Å²) in [5.41, 5.74) is 0.469. The number of nitrogens with zero attached hydrogens (tertiary/aromatic N) is 1. The molecule has 0 saturated carbocycles. The molecular weight excluding hydrogens is 426 g/mol. The average molecular weight is 447 g/mol. The first-order chi connectivity index (χ1) is 15.8. The third-order valence-electron chi connectivity index (χ3n) is 6.22. The van der Waals surface area contributed by atoms with Crippen molar-refractivity contribution in [1.82, 2.24) is 0 Å². The van der Waals surface area contributed by atoms with Crippen LogP contribution >= 0.6 is 0 Å². The quantitative estimate of drug-likeness (QED) is 0.301. The summed E-state index contributed by atoms with van der Waals surface area (Å²) in [5, 5.41) is 0. The summed E-state index contributed by atoms with van der Waals surface area (Å²) in [6, 6.07) is 16.6. The summed E-state index contributed by atoms with van der Waals surface area (Å²) in [5.74, 6) is -4.14. The van der Waals surface area contributed by atoms with E-state index >= 15 is 0 Å². The van der Waals surface area contributed by atoms with Gasteiger partial charge in [0, 0.05) is 19.4 Å². The van der Waals surface area contributed by atoms with Gasteiger partial charge in [-0.05, 0) is 17.7 Å². The highest BCUT2D eigenvalue weighted by Crippen LogP contribution is 2.55. The van der Waals surface area contributed by atoms with E-state index in [-0.39, 0.29) is 0 Å². The zero-order valence-corrected chi connectivity index (χ0v) is 18.0. The Labute approximate surface area is 189 Å². The summed E-state index contributed by atoms with van der Waals surface area (Å²) in [7, 11) is 0. The van der Waals surface area contributed by atoms with Crippen LogP contribution in [0.2, 0.25) is 0 Å². The fraction of sp³-hybridized carbons (Fsp3) is 0.280. The van der Waals surface area contributed by atoms with Crippen LogP contribution in [0, 0.1) is 11.8 Å². The number of carbonyl (C=O) groups is 4. The molecule has 2 fully saturated rings. The molecule has 8 nitrogen and oxygen atoms in total. The predicted molar refractivity (Wildman–Crippen MR) is 115 cm³/mol. The maximum absolute atomic E-state index is 13.8. The van der Waals surface area contributed by atoms with Crippen LogP contribution in [0.1, 0.15) is 13.8 Å². The first-order valence-electron chi connectivity index (χ1n) is 10.6. The van der Waals surface area contributed by atoms with E-state index in [1.165, 1.54) is 18.7 Å². The number of hydrogen-bond donors (Lipinski definition) is 0. The summed E-state index contributed by atoms with van der Waals surface area (Å²) >= 11 is 0. The van der Waals surface area contributed by atoms with Crippen LogP contribution in [-0.2, 0) is 33.4 Å². The van der Waals surface area contributed by atoms with Crippen molar-refractivity contribution in [3.05, 3.63) is 66.7 Å². The molecule has 3 heterocycles. The fourth-order valence-corrected chi connectivity index (χ4v) is 4.98. The Bertz CT molecular complexity index is 1170. The highest BCUT2D eigenvalue weighted by Gasteiger charge is 2.72. The Morgan fingerprint density at radius 1 is 0.939 bits per heavy atom. The van der Waals surface area contributed by atoms with Crippen molar-refractivity contribution in [2.24, 2.45) is 11.8 Å². The van der Waals surface area contributed by atoms with Gasteiger partial charge < -0.3 is 14.2 Å². The molecule has 2 aromatic rings. The molecular formula is C25H21NO7. The molecule has 5 rings (SSSR count). The topological polar surface area (TPSA) is 99.2 Å². The number of anilines is 1. The number of carbonyl (C=O) groups excluding carboxylic acids is 4. The van der Waals surface area contributed by atoms with E-state index in [4.69, 9.17) is 14.2 Å². The van der Waals surface area contributed by atoms with Crippen molar-refractivity contribution >= 4 is 29.4 Å². The minimum atomic E-state index is -1.57. The minimum Gasteiger partial charge on any atom is -0.422 e. The van der Waals surface area contributed by atoms with Gasteiger partial charge in [0.15, 0.2) is 5.60 Å². The second-order valence-electron chi connectivity index (χ2n) is 8.24. The minimum absolute atomic E-state index is 0.408. The van der Waals surface area contributed by atoms with E-state index in [2.05, 4.69) is 0 Å². The predicted octanol–water partition coefficient (Wildman–Crippen LogP) is 2.62. The number of benzene rings is 2. The van der Waals surface area contributed by atoms with E-state index < -0.39 is 53.6 Å². The number of rotatable bonds is 5. The van der Waals surface area contributed by atoms with E-state index in [0.29, 0.717) is 5.69 Å². The summed E-state index contributed by atoms with van der Waals surface area (Å²) in [6.07, 6.45) is 1.02. The van der Waals surface area contributed by atoms with Crippen molar-refractivity contribution in [3.63, 3.8) is 0 Å². The van der Waals surface area contributed by atoms with Gasteiger partial charge >= 0.3 is 11.9 Å². The highest BCUT2D eigenvalue weighted by atomic mass is 16.7. The van der Waals surface area contributed by atoms with Crippen LogP contribution < -0.4 is 4.90 Å². The molecule has 0 N–H and O–H groups in total. The molecule has 8 heteroatoms. The fourth-order valence-electron chi connectivity index (χ4n) is 4.98. The summed E-state index contributed by atoms with van der Waals surface area (Å²) in [6.45, 7) is 2.33. The lowest BCUT2D eigenvalue weighted by atomic mass is 9.76. The molecule has 4 atom stereocenters.